The number of hydrogen-bond donors (Lipinski definition) is 2. The third-order valence-corrected chi connectivity index (χ3v) is 4.21. The predicted molar refractivity (Wildman–Crippen MR) is 75.1 cm³/mol. The molecule has 3 rings (SSSR count). The molecular weight excluding hydrogens is 254 g/mol. The molecular formula is C15H19N3O2. The average Bonchev–Trinajstić information content (AvgIpc) is 2.95. The second-order valence-corrected chi connectivity index (χ2v) is 5.43. The van der Waals surface area contributed by atoms with Gasteiger partial charge in [0.1, 0.15) is 6.04 Å². The summed E-state index contributed by atoms with van der Waals surface area (Å²) in [5.74, 6) is -0.452. The van der Waals surface area contributed by atoms with Gasteiger partial charge in [0.2, 0.25) is 5.91 Å². The smallest absolute Gasteiger partial charge is 0.254 e. The molecule has 0 aliphatic carbocycles. The van der Waals surface area contributed by atoms with Crippen molar-refractivity contribution in [2.45, 2.75) is 31.8 Å². The lowest BCUT2D eigenvalue weighted by Gasteiger charge is -2.26. The fourth-order valence-electron chi connectivity index (χ4n) is 3.19. The number of hydrogen-bond acceptors (Lipinski definition) is 3. The first kappa shape index (κ1) is 13.1. The van der Waals surface area contributed by atoms with Crippen molar-refractivity contribution in [1.29, 1.82) is 0 Å². The number of amides is 2. The van der Waals surface area contributed by atoms with Crippen LogP contribution in [0.15, 0.2) is 18.2 Å². The van der Waals surface area contributed by atoms with E-state index in [0.717, 1.165) is 37.1 Å². The van der Waals surface area contributed by atoms with Crippen LogP contribution in [0.3, 0.4) is 0 Å². The minimum Gasteiger partial charge on any atom is -0.368 e. The van der Waals surface area contributed by atoms with E-state index in [-0.39, 0.29) is 5.91 Å². The Labute approximate surface area is 118 Å². The molecule has 106 valence electrons. The van der Waals surface area contributed by atoms with Crippen molar-refractivity contribution < 1.29 is 9.59 Å². The van der Waals surface area contributed by atoms with Crippen LogP contribution in [0, 0.1) is 0 Å². The Balaban J connectivity index is 1.93. The Bertz CT molecular complexity index is 556. The molecule has 2 aliphatic heterocycles. The summed E-state index contributed by atoms with van der Waals surface area (Å²) >= 11 is 0. The van der Waals surface area contributed by atoms with E-state index in [1.807, 2.05) is 18.2 Å². The van der Waals surface area contributed by atoms with Gasteiger partial charge in [0, 0.05) is 18.7 Å². The van der Waals surface area contributed by atoms with E-state index in [2.05, 4.69) is 5.32 Å². The third kappa shape index (κ3) is 2.18. The summed E-state index contributed by atoms with van der Waals surface area (Å²) in [6.07, 6.45) is 2.37. The fourth-order valence-corrected chi connectivity index (χ4v) is 3.19. The number of fused-ring (bicyclic) bond motifs is 1. The zero-order chi connectivity index (χ0) is 14.1. The molecule has 0 aromatic heterocycles. The van der Waals surface area contributed by atoms with E-state index in [1.54, 1.807) is 4.90 Å². The molecule has 0 spiro atoms. The lowest BCUT2D eigenvalue weighted by atomic mass is 9.94. The summed E-state index contributed by atoms with van der Waals surface area (Å²) in [7, 11) is 0. The first-order valence-corrected chi connectivity index (χ1v) is 7.10. The Morgan fingerprint density at radius 3 is 3.00 bits per heavy atom. The molecule has 1 unspecified atom stereocenters. The lowest BCUT2D eigenvalue weighted by Crippen LogP contribution is -2.44. The Hall–Kier alpha value is -1.88. The summed E-state index contributed by atoms with van der Waals surface area (Å²) in [4.78, 5) is 25.8. The zero-order valence-electron chi connectivity index (χ0n) is 11.4. The summed E-state index contributed by atoms with van der Waals surface area (Å²) in [5.41, 5.74) is 8.43. The normalized spacial score (nSPS) is 21.6. The Morgan fingerprint density at radius 2 is 2.20 bits per heavy atom. The summed E-state index contributed by atoms with van der Waals surface area (Å²) in [6, 6.07) is 5.38. The molecule has 1 atom stereocenters. The predicted octanol–water partition coefficient (Wildman–Crippen LogP) is 0.422. The number of rotatable bonds is 2. The van der Waals surface area contributed by atoms with Crippen molar-refractivity contribution in [2.75, 3.05) is 13.1 Å². The van der Waals surface area contributed by atoms with Crippen LogP contribution in [0.1, 0.15) is 34.3 Å². The first-order chi connectivity index (χ1) is 9.68. The van der Waals surface area contributed by atoms with Gasteiger partial charge in [-0.15, -0.1) is 0 Å². The summed E-state index contributed by atoms with van der Waals surface area (Å²) < 4.78 is 0. The van der Waals surface area contributed by atoms with Gasteiger partial charge in [-0.05, 0) is 43.0 Å². The van der Waals surface area contributed by atoms with Crippen LogP contribution in [0.2, 0.25) is 0 Å². The highest BCUT2D eigenvalue weighted by Crippen LogP contribution is 2.24. The summed E-state index contributed by atoms with van der Waals surface area (Å²) in [6.45, 7) is 2.31. The number of carbonyl (C=O) groups excluding carboxylic acids is 2. The maximum absolute atomic E-state index is 12.7. The van der Waals surface area contributed by atoms with Crippen LogP contribution in [-0.4, -0.2) is 35.8 Å². The number of nitrogens with zero attached hydrogens (tertiary/aromatic N) is 1. The van der Waals surface area contributed by atoms with Gasteiger partial charge in [-0.25, -0.2) is 0 Å². The molecule has 5 heteroatoms. The van der Waals surface area contributed by atoms with Crippen molar-refractivity contribution in [3.63, 3.8) is 0 Å². The number of likely N-dealkylation sites (tertiary alicyclic amines) is 1. The van der Waals surface area contributed by atoms with Gasteiger partial charge in [0.15, 0.2) is 0 Å². The Morgan fingerprint density at radius 1 is 1.35 bits per heavy atom. The number of nitrogens with one attached hydrogen (secondary N) is 1. The standard InChI is InChI=1S/C15H19N3O2/c16-14(19)13-5-2-8-18(13)15(20)12-4-1-3-10-9-17-7-6-11(10)12/h1,3-4,13,17H,2,5-9H2,(H2,16,19). The quantitative estimate of drug-likeness (QED) is 0.820. The van der Waals surface area contributed by atoms with Gasteiger partial charge in [-0.3, -0.25) is 9.59 Å². The number of nitrogens with two attached hydrogens (primary N) is 1. The molecule has 2 heterocycles. The van der Waals surface area contributed by atoms with Crippen molar-refractivity contribution >= 4 is 11.8 Å². The minimum atomic E-state index is -0.444. The van der Waals surface area contributed by atoms with Crippen molar-refractivity contribution in [3.05, 3.63) is 34.9 Å². The molecule has 0 radical (unpaired) electrons. The third-order valence-electron chi connectivity index (χ3n) is 4.21. The van der Waals surface area contributed by atoms with E-state index in [0.29, 0.717) is 13.0 Å². The molecule has 0 saturated carbocycles. The van der Waals surface area contributed by atoms with Crippen LogP contribution in [0.4, 0.5) is 0 Å². The van der Waals surface area contributed by atoms with Gasteiger partial charge in [0.25, 0.3) is 5.91 Å². The number of benzene rings is 1. The SMILES string of the molecule is NC(=O)C1CCCN1C(=O)c1cccc2c1CCNC2. The zero-order valence-corrected chi connectivity index (χ0v) is 11.4. The van der Waals surface area contributed by atoms with Crippen LogP contribution < -0.4 is 11.1 Å². The first-order valence-electron chi connectivity index (χ1n) is 7.10. The van der Waals surface area contributed by atoms with E-state index in [1.165, 1.54) is 5.56 Å². The molecule has 1 aromatic rings. The number of carbonyl (C=O) groups is 2. The van der Waals surface area contributed by atoms with Crippen LogP contribution in [0.5, 0.6) is 0 Å². The molecule has 1 fully saturated rings. The molecule has 20 heavy (non-hydrogen) atoms. The lowest BCUT2D eigenvalue weighted by molar-refractivity contribution is -0.121. The van der Waals surface area contributed by atoms with Gasteiger partial charge in [-0.1, -0.05) is 12.1 Å². The topological polar surface area (TPSA) is 75.4 Å². The monoisotopic (exact) mass is 273 g/mol. The molecule has 1 aromatic carbocycles. The maximum Gasteiger partial charge on any atom is 0.254 e. The highest BCUT2D eigenvalue weighted by molar-refractivity contribution is 5.99. The molecule has 1 saturated heterocycles. The number of primary amides is 1. The van der Waals surface area contributed by atoms with E-state index in [9.17, 15) is 9.59 Å². The maximum atomic E-state index is 12.7. The molecule has 2 aliphatic rings. The second-order valence-electron chi connectivity index (χ2n) is 5.43. The highest BCUT2D eigenvalue weighted by Gasteiger charge is 2.34. The van der Waals surface area contributed by atoms with Gasteiger partial charge < -0.3 is 16.0 Å². The van der Waals surface area contributed by atoms with Crippen molar-refractivity contribution in [3.8, 4) is 0 Å². The van der Waals surface area contributed by atoms with Crippen molar-refractivity contribution in [2.24, 2.45) is 5.73 Å². The highest BCUT2D eigenvalue weighted by atomic mass is 16.2. The van der Waals surface area contributed by atoms with Crippen LogP contribution >= 0.6 is 0 Å². The Kier molecular flexibility index (Phi) is 3.44. The average molecular weight is 273 g/mol. The molecule has 0 bridgehead atoms. The van der Waals surface area contributed by atoms with E-state index < -0.39 is 11.9 Å². The van der Waals surface area contributed by atoms with E-state index in [4.69, 9.17) is 5.73 Å². The van der Waals surface area contributed by atoms with Gasteiger partial charge in [0.05, 0.1) is 0 Å². The summed E-state index contributed by atoms with van der Waals surface area (Å²) in [5, 5.41) is 3.30. The molecule has 3 N–H and O–H groups in total. The van der Waals surface area contributed by atoms with E-state index >= 15 is 0 Å². The van der Waals surface area contributed by atoms with Gasteiger partial charge >= 0.3 is 0 Å². The second kappa shape index (κ2) is 5.25. The minimum absolute atomic E-state index is 0.0509. The van der Waals surface area contributed by atoms with Crippen LogP contribution in [0.25, 0.3) is 0 Å². The van der Waals surface area contributed by atoms with Gasteiger partial charge in [-0.2, -0.15) is 0 Å². The molecule has 5 nitrogen and oxygen atoms in total. The van der Waals surface area contributed by atoms with Crippen molar-refractivity contribution in [1.82, 2.24) is 10.2 Å². The molecule has 2 amide bonds. The largest absolute Gasteiger partial charge is 0.368 e. The fraction of sp³-hybridized carbons (Fsp3) is 0.467. The van der Waals surface area contributed by atoms with Crippen LogP contribution in [-0.2, 0) is 17.8 Å².